The van der Waals surface area contributed by atoms with Gasteiger partial charge in [-0.15, -0.1) is 0 Å². The van der Waals surface area contributed by atoms with E-state index in [0.29, 0.717) is 24.2 Å². The van der Waals surface area contributed by atoms with Crippen LogP contribution < -0.4 is 5.73 Å². The van der Waals surface area contributed by atoms with Crippen LogP contribution in [0, 0.1) is 0 Å². The molecule has 21 heavy (non-hydrogen) atoms. The minimum absolute atomic E-state index is 0.0446. The fraction of sp³-hybridized carbons (Fsp3) is 0.538. The van der Waals surface area contributed by atoms with E-state index < -0.39 is 10.0 Å². The summed E-state index contributed by atoms with van der Waals surface area (Å²) in [6, 6.07) is 3.21. The van der Waals surface area contributed by atoms with Gasteiger partial charge >= 0.3 is 0 Å². The highest BCUT2D eigenvalue weighted by Gasteiger charge is 2.33. The van der Waals surface area contributed by atoms with E-state index in [1.165, 1.54) is 16.4 Å². The van der Waals surface area contributed by atoms with Crippen molar-refractivity contribution >= 4 is 38.9 Å². The number of halogens is 2. The van der Waals surface area contributed by atoms with Gasteiger partial charge < -0.3 is 10.6 Å². The highest BCUT2D eigenvalue weighted by Crippen LogP contribution is 2.34. The van der Waals surface area contributed by atoms with E-state index in [1.54, 1.807) is 0 Å². The summed E-state index contributed by atoms with van der Waals surface area (Å²) < 4.78 is 26.9. The topological polar surface area (TPSA) is 66.6 Å². The number of piperidine rings is 1. The van der Waals surface area contributed by atoms with E-state index >= 15 is 0 Å². The number of rotatable bonds is 3. The lowest BCUT2D eigenvalue weighted by atomic mass is 10.1. The molecule has 0 saturated carbocycles. The van der Waals surface area contributed by atoms with E-state index in [2.05, 4.69) is 4.90 Å². The molecule has 0 bridgehead atoms. The summed E-state index contributed by atoms with van der Waals surface area (Å²) in [5, 5.41) is 0.387. The minimum Gasteiger partial charge on any atom is -0.398 e. The molecule has 0 radical (unpaired) electrons. The van der Waals surface area contributed by atoms with Crippen LogP contribution in [0.2, 0.25) is 10.0 Å². The average Bonchev–Trinajstić information content (AvgIpc) is 2.37. The third-order valence-electron chi connectivity index (χ3n) is 3.79. The zero-order chi connectivity index (χ0) is 15.8. The zero-order valence-corrected chi connectivity index (χ0v) is 14.3. The van der Waals surface area contributed by atoms with Crippen molar-refractivity contribution in [3.8, 4) is 0 Å². The van der Waals surface area contributed by atoms with E-state index in [9.17, 15) is 8.42 Å². The molecule has 1 saturated heterocycles. The van der Waals surface area contributed by atoms with Crippen LogP contribution in [0.5, 0.6) is 0 Å². The number of nitrogen functional groups attached to an aromatic ring is 1. The second-order valence-corrected chi connectivity index (χ2v) is 8.12. The van der Waals surface area contributed by atoms with Crippen molar-refractivity contribution < 1.29 is 8.42 Å². The number of anilines is 1. The lowest BCUT2D eigenvalue weighted by molar-refractivity contribution is 0.196. The van der Waals surface area contributed by atoms with Gasteiger partial charge in [-0.3, -0.25) is 0 Å². The largest absolute Gasteiger partial charge is 0.398 e. The van der Waals surface area contributed by atoms with Gasteiger partial charge in [0.05, 0.1) is 10.7 Å². The molecule has 0 aliphatic carbocycles. The summed E-state index contributed by atoms with van der Waals surface area (Å²) in [5.74, 6) is 0. The molecule has 118 valence electrons. The first-order chi connectivity index (χ1) is 9.73. The lowest BCUT2D eigenvalue weighted by Crippen LogP contribution is -2.44. The molecule has 1 aromatic carbocycles. The van der Waals surface area contributed by atoms with Gasteiger partial charge in [0, 0.05) is 24.2 Å². The maximum atomic E-state index is 12.7. The van der Waals surface area contributed by atoms with Gasteiger partial charge in [0.15, 0.2) is 0 Å². The molecule has 5 nitrogen and oxygen atoms in total. The molecule has 2 rings (SSSR count). The summed E-state index contributed by atoms with van der Waals surface area (Å²) in [5.41, 5.74) is 5.89. The Kier molecular flexibility index (Phi) is 5.05. The van der Waals surface area contributed by atoms with Crippen LogP contribution in [0.25, 0.3) is 0 Å². The fourth-order valence-electron chi connectivity index (χ4n) is 2.58. The molecule has 1 aromatic rings. The SMILES string of the molecule is CN(C)C1CCN(S(=O)(=O)c2c(N)cc(Cl)cc2Cl)CC1. The summed E-state index contributed by atoms with van der Waals surface area (Å²) in [6.45, 7) is 0.924. The van der Waals surface area contributed by atoms with Crippen LogP contribution in [-0.4, -0.2) is 50.8 Å². The monoisotopic (exact) mass is 351 g/mol. The first kappa shape index (κ1) is 16.8. The van der Waals surface area contributed by atoms with E-state index in [-0.39, 0.29) is 15.6 Å². The maximum absolute atomic E-state index is 12.7. The molecule has 1 aliphatic heterocycles. The molecule has 2 N–H and O–H groups in total. The van der Waals surface area contributed by atoms with Gasteiger partial charge in [-0.25, -0.2) is 8.42 Å². The van der Waals surface area contributed by atoms with Crippen LogP contribution in [0.3, 0.4) is 0 Å². The Morgan fingerprint density at radius 2 is 1.81 bits per heavy atom. The van der Waals surface area contributed by atoms with Crippen LogP contribution in [0.15, 0.2) is 17.0 Å². The van der Waals surface area contributed by atoms with E-state index in [0.717, 1.165) is 12.8 Å². The molecule has 0 unspecified atom stereocenters. The number of hydrogen-bond acceptors (Lipinski definition) is 4. The van der Waals surface area contributed by atoms with Crippen molar-refractivity contribution in [2.45, 2.75) is 23.8 Å². The number of nitrogens with zero attached hydrogens (tertiary/aromatic N) is 2. The molecule has 0 aromatic heterocycles. The second kappa shape index (κ2) is 6.30. The lowest BCUT2D eigenvalue weighted by Gasteiger charge is -2.34. The molecule has 0 amide bonds. The second-order valence-electron chi connectivity index (χ2n) is 5.40. The predicted molar refractivity (Wildman–Crippen MR) is 86.3 cm³/mol. The maximum Gasteiger partial charge on any atom is 0.246 e. The molecule has 0 atom stereocenters. The van der Waals surface area contributed by atoms with Crippen molar-refractivity contribution in [1.29, 1.82) is 0 Å². The van der Waals surface area contributed by atoms with Gasteiger partial charge in [-0.1, -0.05) is 23.2 Å². The quantitative estimate of drug-likeness (QED) is 0.848. The van der Waals surface area contributed by atoms with Gasteiger partial charge in [0.2, 0.25) is 10.0 Å². The summed E-state index contributed by atoms with van der Waals surface area (Å²) >= 11 is 11.9. The summed E-state index contributed by atoms with van der Waals surface area (Å²) in [4.78, 5) is 2.07. The molecule has 1 heterocycles. The van der Waals surface area contributed by atoms with Gasteiger partial charge in [0.1, 0.15) is 4.90 Å². The Labute approximate surface area is 135 Å². The third kappa shape index (κ3) is 3.46. The van der Waals surface area contributed by atoms with E-state index in [4.69, 9.17) is 28.9 Å². The van der Waals surface area contributed by atoms with Crippen LogP contribution >= 0.6 is 23.2 Å². The smallest absolute Gasteiger partial charge is 0.246 e. The number of hydrogen-bond donors (Lipinski definition) is 1. The normalized spacial score (nSPS) is 18.3. The molecular weight excluding hydrogens is 333 g/mol. The average molecular weight is 352 g/mol. The molecule has 1 aliphatic rings. The van der Waals surface area contributed by atoms with Gasteiger partial charge in [0.25, 0.3) is 0 Å². The Hall–Kier alpha value is -0.530. The Morgan fingerprint density at radius 1 is 1.24 bits per heavy atom. The fourth-order valence-corrected chi connectivity index (χ4v) is 4.99. The van der Waals surface area contributed by atoms with Crippen molar-refractivity contribution in [2.75, 3.05) is 32.9 Å². The first-order valence-corrected chi connectivity index (χ1v) is 8.84. The van der Waals surface area contributed by atoms with Crippen molar-refractivity contribution in [2.24, 2.45) is 0 Å². The Bertz CT molecular complexity index is 603. The third-order valence-corrected chi connectivity index (χ3v) is 6.43. The standard InChI is InChI=1S/C13H19Cl2N3O2S/c1-17(2)10-3-5-18(6-4-10)21(19,20)13-11(15)7-9(14)8-12(13)16/h7-8,10H,3-6,16H2,1-2H3. The van der Waals surface area contributed by atoms with Crippen molar-refractivity contribution in [3.05, 3.63) is 22.2 Å². The molecule has 1 fully saturated rings. The number of benzene rings is 1. The van der Waals surface area contributed by atoms with Crippen LogP contribution in [0.1, 0.15) is 12.8 Å². The van der Waals surface area contributed by atoms with Crippen LogP contribution in [0.4, 0.5) is 5.69 Å². The van der Waals surface area contributed by atoms with Crippen molar-refractivity contribution in [3.63, 3.8) is 0 Å². The van der Waals surface area contributed by atoms with E-state index in [1.807, 2.05) is 14.1 Å². The summed E-state index contributed by atoms with van der Waals surface area (Å²) in [7, 11) is 0.316. The molecule has 8 heteroatoms. The Balaban J connectivity index is 2.28. The minimum atomic E-state index is -3.69. The summed E-state index contributed by atoms with van der Waals surface area (Å²) in [6.07, 6.45) is 1.58. The zero-order valence-electron chi connectivity index (χ0n) is 12.0. The highest BCUT2D eigenvalue weighted by molar-refractivity contribution is 7.89. The van der Waals surface area contributed by atoms with Gasteiger partial charge in [-0.2, -0.15) is 4.31 Å². The first-order valence-electron chi connectivity index (χ1n) is 6.64. The molecule has 0 spiro atoms. The van der Waals surface area contributed by atoms with Crippen molar-refractivity contribution in [1.82, 2.24) is 9.21 Å². The number of nitrogens with two attached hydrogens (primary N) is 1. The highest BCUT2D eigenvalue weighted by atomic mass is 35.5. The predicted octanol–water partition coefficient (Wildman–Crippen LogP) is 2.29. The Morgan fingerprint density at radius 3 is 2.29 bits per heavy atom. The van der Waals surface area contributed by atoms with Gasteiger partial charge in [-0.05, 0) is 39.1 Å². The van der Waals surface area contributed by atoms with Crippen LogP contribution in [-0.2, 0) is 10.0 Å². The number of sulfonamides is 1. The molecular formula is C13H19Cl2N3O2S.